The van der Waals surface area contributed by atoms with E-state index in [0.29, 0.717) is 6.54 Å². The summed E-state index contributed by atoms with van der Waals surface area (Å²) >= 11 is 0. The van der Waals surface area contributed by atoms with Crippen molar-refractivity contribution >= 4 is 5.97 Å². The second kappa shape index (κ2) is 21.4. The lowest BCUT2D eigenvalue weighted by Gasteiger charge is -2.11. The molecule has 5 heteroatoms. The fourth-order valence-corrected chi connectivity index (χ4v) is 2.25. The van der Waals surface area contributed by atoms with Crippen molar-refractivity contribution in [2.45, 2.75) is 97.1 Å². The van der Waals surface area contributed by atoms with Gasteiger partial charge in [0, 0.05) is 13.5 Å². The van der Waals surface area contributed by atoms with E-state index in [4.69, 9.17) is 26.1 Å². The Kier molecular flexibility index (Phi) is 22.8. The van der Waals surface area contributed by atoms with Gasteiger partial charge in [0.2, 0.25) is 0 Å². The largest absolute Gasteiger partial charge is 0.481 e. The number of carboxylic acids is 1. The Morgan fingerprint density at radius 3 is 1.74 bits per heavy atom. The van der Waals surface area contributed by atoms with Crippen LogP contribution >= 0.6 is 0 Å². The zero-order chi connectivity index (χ0) is 17.8. The van der Waals surface area contributed by atoms with Gasteiger partial charge in [-0.2, -0.15) is 0 Å². The second-order valence-corrected chi connectivity index (χ2v) is 6.04. The van der Waals surface area contributed by atoms with Crippen LogP contribution in [-0.2, 0) is 9.53 Å². The Hall–Kier alpha value is -0.650. The number of carbonyl (C=O) groups is 1. The molecule has 0 heterocycles. The summed E-state index contributed by atoms with van der Waals surface area (Å²) in [5.41, 5.74) is 11.1. The summed E-state index contributed by atoms with van der Waals surface area (Å²) in [5.74, 6) is -0.833. The molecule has 5 nitrogen and oxygen atoms in total. The molecule has 0 amide bonds. The first-order valence-corrected chi connectivity index (χ1v) is 9.31. The van der Waals surface area contributed by atoms with Crippen LogP contribution in [0.5, 0.6) is 0 Å². The molecule has 0 bridgehead atoms. The van der Waals surface area contributed by atoms with Gasteiger partial charge in [-0.15, -0.1) is 0 Å². The Bertz CT molecular complexity index is 234. The molecule has 0 saturated carbocycles. The molecule has 140 valence electrons. The van der Waals surface area contributed by atoms with E-state index in [0.717, 1.165) is 26.4 Å². The highest BCUT2D eigenvalue weighted by molar-refractivity contribution is 5.62. The topological polar surface area (TPSA) is 98.6 Å². The van der Waals surface area contributed by atoms with Crippen LogP contribution in [0.1, 0.15) is 90.9 Å². The molecule has 0 aromatic heterocycles. The molecule has 23 heavy (non-hydrogen) atoms. The van der Waals surface area contributed by atoms with Gasteiger partial charge >= 0.3 is 0 Å². The minimum absolute atomic E-state index is 0.159. The SMILES string of the molecule is CC(=O)O.CCCCCCCCCCCCCOC(N)CCN. The van der Waals surface area contributed by atoms with E-state index in [1.54, 1.807) is 0 Å². The fourth-order valence-electron chi connectivity index (χ4n) is 2.25. The van der Waals surface area contributed by atoms with Crippen LogP contribution in [0, 0.1) is 0 Å². The lowest BCUT2D eigenvalue weighted by atomic mass is 10.1. The molecule has 0 saturated heterocycles. The number of hydrogen-bond donors (Lipinski definition) is 3. The summed E-state index contributed by atoms with van der Waals surface area (Å²) in [6.45, 7) is 4.75. The van der Waals surface area contributed by atoms with E-state index < -0.39 is 5.97 Å². The van der Waals surface area contributed by atoms with E-state index in [9.17, 15) is 0 Å². The summed E-state index contributed by atoms with van der Waals surface area (Å²) in [6, 6.07) is 0. The summed E-state index contributed by atoms with van der Waals surface area (Å²) in [7, 11) is 0. The van der Waals surface area contributed by atoms with Crippen LogP contribution in [0.3, 0.4) is 0 Å². The molecule has 1 unspecified atom stereocenters. The van der Waals surface area contributed by atoms with Gasteiger partial charge < -0.3 is 21.3 Å². The number of carboxylic acid groups (broad SMARTS) is 1. The Balaban J connectivity index is 0. The lowest BCUT2D eigenvalue weighted by molar-refractivity contribution is -0.134. The monoisotopic (exact) mass is 332 g/mol. The first-order valence-electron chi connectivity index (χ1n) is 9.31. The number of aliphatic carboxylic acids is 1. The van der Waals surface area contributed by atoms with E-state index >= 15 is 0 Å². The molecule has 0 aliphatic rings. The van der Waals surface area contributed by atoms with Gasteiger partial charge in [-0.25, -0.2) is 0 Å². The van der Waals surface area contributed by atoms with Crippen molar-refractivity contribution < 1.29 is 14.6 Å². The van der Waals surface area contributed by atoms with E-state index in [2.05, 4.69) is 6.92 Å². The highest BCUT2D eigenvalue weighted by atomic mass is 16.5. The maximum atomic E-state index is 9.00. The smallest absolute Gasteiger partial charge is 0.300 e. The molecular weight excluding hydrogens is 292 g/mol. The van der Waals surface area contributed by atoms with Crippen LogP contribution in [-0.4, -0.2) is 30.5 Å². The molecule has 0 fully saturated rings. The Labute approximate surface area is 143 Å². The normalized spacial score (nSPS) is 11.7. The van der Waals surface area contributed by atoms with Gasteiger partial charge in [0.05, 0.1) is 0 Å². The van der Waals surface area contributed by atoms with Gasteiger partial charge in [0.25, 0.3) is 5.97 Å². The molecule has 0 rings (SSSR count). The maximum absolute atomic E-state index is 9.00. The molecule has 0 radical (unpaired) electrons. The standard InChI is InChI=1S/C16H36N2O.C2H4O2/c1-2-3-4-5-6-7-8-9-10-11-12-15-19-16(18)13-14-17;1-2(3)4/h16H,2-15,17-18H2,1H3;1H3,(H,3,4). The summed E-state index contributed by atoms with van der Waals surface area (Å²) in [5, 5.41) is 7.42. The van der Waals surface area contributed by atoms with E-state index in [1.807, 2.05) is 0 Å². The van der Waals surface area contributed by atoms with Crippen molar-refractivity contribution in [1.82, 2.24) is 0 Å². The summed E-state index contributed by atoms with van der Waals surface area (Å²) in [6.07, 6.45) is 15.6. The first-order chi connectivity index (χ1) is 11.0. The number of ether oxygens (including phenoxy) is 1. The third-order valence-corrected chi connectivity index (χ3v) is 3.53. The predicted octanol–water partition coefficient (Wildman–Crippen LogP) is 4.04. The number of rotatable bonds is 15. The van der Waals surface area contributed by atoms with Gasteiger partial charge in [0.1, 0.15) is 6.23 Å². The highest BCUT2D eigenvalue weighted by Crippen LogP contribution is 2.11. The van der Waals surface area contributed by atoms with E-state index in [1.165, 1.54) is 64.2 Å². The minimum Gasteiger partial charge on any atom is -0.481 e. The molecule has 1 atom stereocenters. The van der Waals surface area contributed by atoms with Crippen molar-refractivity contribution in [3.05, 3.63) is 0 Å². The summed E-state index contributed by atoms with van der Waals surface area (Å²) < 4.78 is 5.46. The minimum atomic E-state index is -0.833. The van der Waals surface area contributed by atoms with Gasteiger partial charge in [-0.3, -0.25) is 4.79 Å². The van der Waals surface area contributed by atoms with Gasteiger partial charge in [-0.05, 0) is 19.4 Å². The third-order valence-electron chi connectivity index (χ3n) is 3.53. The number of hydrogen-bond acceptors (Lipinski definition) is 4. The second-order valence-electron chi connectivity index (χ2n) is 6.04. The van der Waals surface area contributed by atoms with Gasteiger partial charge in [0.15, 0.2) is 0 Å². The molecule has 0 spiro atoms. The molecule has 0 aliphatic heterocycles. The van der Waals surface area contributed by atoms with Crippen molar-refractivity contribution in [3.63, 3.8) is 0 Å². The molecule has 5 N–H and O–H groups in total. The Morgan fingerprint density at radius 1 is 0.957 bits per heavy atom. The van der Waals surface area contributed by atoms with Gasteiger partial charge in [-0.1, -0.05) is 71.1 Å². The molecule has 0 aromatic carbocycles. The predicted molar refractivity (Wildman–Crippen MR) is 97.4 cm³/mol. The Morgan fingerprint density at radius 2 is 1.35 bits per heavy atom. The molecule has 0 aliphatic carbocycles. The zero-order valence-corrected chi connectivity index (χ0v) is 15.4. The van der Waals surface area contributed by atoms with Crippen molar-refractivity contribution in [3.8, 4) is 0 Å². The van der Waals surface area contributed by atoms with Crippen LogP contribution in [0.2, 0.25) is 0 Å². The average molecular weight is 333 g/mol. The number of unbranched alkanes of at least 4 members (excludes halogenated alkanes) is 10. The lowest BCUT2D eigenvalue weighted by Crippen LogP contribution is -2.27. The van der Waals surface area contributed by atoms with Crippen LogP contribution in [0.4, 0.5) is 0 Å². The van der Waals surface area contributed by atoms with Crippen LogP contribution in [0.15, 0.2) is 0 Å². The molecular formula is C18H40N2O3. The maximum Gasteiger partial charge on any atom is 0.300 e. The fraction of sp³-hybridized carbons (Fsp3) is 0.944. The highest BCUT2D eigenvalue weighted by Gasteiger charge is 1.99. The van der Waals surface area contributed by atoms with Crippen molar-refractivity contribution in [2.24, 2.45) is 11.5 Å². The first kappa shape index (κ1) is 24.6. The van der Waals surface area contributed by atoms with Crippen LogP contribution in [0.25, 0.3) is 0 Å². The third kappa shape index (κ3) is 29.9. The zero-order valence-electron chi connectivity index (χ0n) is 15.4. The van der Waals surface area contributed by atoms with Crippen molar-refractivity contribution in [2.75, 3.05) is 13.2 Å². The average Bonchev–Trinajstić information content (AvgIpc) is 2.48. The number of nitrogens with two attached hydrogens (primary N) is 2. The van der Waals surface area contributed by atoms with Crippen molar-refractivity contribution in [1.29, 1.82) is 0 Å². The van der Waals surface area contributed by atoms with Crippen LogP contribution < -0.4 is 11.5 Å². The quantitative estimate of drug-likeness (QED) is 0.310. The van der Waals surface area contributed by atoms with E-state index in [-0.39, 0.29) is 6.23 Å². The summed E-state index contributed by atoms with van der Waals surface area (Å²) in [4.78, 5) is 9.00. The molecule has 0 aromatic rings.